The lowest BCUT2D eigenvalue weighted by Crippen LogP contribution is -2.42. The van der Waals surface area contributed by atoms with E-state index in [9.17, 15) is 0 Å². The molecule has 118 valence electrons. The summed E-state index contributed by atoms with van der Waals surface area (Å²) in [5.74, 6) is 7.59. The van der Waals surface area contributed by atoms with E-state index >= 15 is 0 Å². The summed E-state index contributed by atoms with van der Waals surface area (Å²) in [6, 6.07) is 11.3. The number of hydrazine groups is 1. The first-order valence-electron chi connectivity index (χ1n) is 8.83. The summed E-state index contributed by atoms with van der Waals surface area (Å²) in [5.41, 5.74) is 4.53. The van der Waals surface area contributed by atoms with E-state index in [4.69, 9.17) is 5.84 Å². The van der Waals surface area contributed by atoms with Crippen molar-refractivity contribution in [1.29, 1.82) is 0 Å². The van der Waals surface area contributed by atoms with Crippen molar-refractivity contribution in [3.63, 3.8) is 0 Å². The largest absolute Gasteiger partial charge is 0.271 e. The first-order valence-corrected chi connectivity index (χ1v) is 8.83. The lowest BCUT2D eigenvalue weighted by Gasteiger charge is -2.33. The van der Waals surface area contributed by atoms with Crippen LogP contribution in [0.3, 0.4) is 0 Å². The van der Waals surface area contributed by atoms with Gasteiger partial charge in [0.1, 0.15) is 0 Å². The summed E-state index contributed by atoms with van der Waals surface area (Å²) in [5, 5.41) is 0. The molecular weight excluding hydrogens is 256 g/mol. The zero-order valence-electron chi connectivity index (χ0n) is 13.6. The van der Waals surface area contributed by atoms with Crippen molar-refractivity contribution < 1.29 is 0 Å². The van der Waals surface area contributed by atoms with Crippen molar-refractivity contribution in [3.05, 3.63) is 35.9 Å². The highest BCUT2D eigenvalue weighted by Gasteiger charge is 2.26. The molecule has 0 spiro atoms. The molecule has 2 rings (SSSR count). The Morgan fingerprint density at radius 3 is 2.48 bits per heavy atom. The second kappa shape index (κ2) is 9.22. The van der Waals surface area contributed by atoms with Gasteiger partial charge in [0.15, 0.2) is 0 Å². The van der Waals surface area contributed by atoms with Crippen LogP contribution in [-0.2, 0) is 6.42 Å². The molecule has 1 saturated carbocycles. The van der Waals surface area contributed by atoms with E-state index < -0.39 is 0 Å². The second-order valence-electron chi connectivity index (χ2n) is 6.72. The molecule has 2 heteroatoms. The van der Waals surface area contributed by atoms with Crippen molar-refractivity contribution >= 4 is 0 Å². The van der Waals surface area contributed by atoms with Crippen molar-refractivity contribution in [2.75, 3.05) is 0 Å². The molecule has 0 amide bonds. The molecule has 0 aliphatic heterocycles. The number of nitrogens with one attached hydrogen (secondary N) is 1. The molecule has 1 unspecified atom stereocenters. The van der Waals surface area contributed by atoms with Gasteiger partial charge in [-0.25, -0.2) is 0 Å². The maximum absolute atomic E-state index is 5.83. The van der Waals surface area contributed by atoms with Gasteiger partial charge >= 0.3 is 0 Å². The molecule has 1 aliphatic rings. The van der Waals surface area contributed by atoms with E-state index in [1.165, 1.54) is 50.5 Å². The minimum atomic E-state index is 0.484. The van der Waals surface area contributed by atoms with Crippen molar-refractivity contribution in [3.8, 4) is 0 Å². The lowest BCUT2D eigenvalue weighted by molar-refractivity contribution is 0.206. The van der Waals surface area contributed by atoms with Crippen LogP contribution in [0.15, 0.2) is 30.3 Å². The highest BCUT2D eigenvalue weighted by molar-refractivity contribution is 5.14. The number of hydrogen-bond donors (Lipinski definition) is 2. The zero-order chi connectivity index (χ0) is 14.9. The van der Waals surface area contributed by atoms with Crippen molar-refractivity contribution in [2.24, 2.45) is 17.7 Å². The predicted molar refractivity (Wildman–Crippen MR) is 90.8 cm³/mol. The maximum atomic E-state index is 5.83. The third kappa shape index (κ3) is 5.44. The van der Waals surface area contributed by atoms with Crippen LogP contribution in [0.25, 0.3) is 0 Å². The third-order valence-electron chi connectivity index (χ3n) is 5.23. The number of unbranched alkanes of at least 4 members (excludes halogenated alkanes) is 1. The van der Waals surface area contributed by atoms with Crippen LogP contribution < -0.4 is 11.3 Å². The quantitative estimate of drug-likeness (QED) is 0.548. The highest BCUT2D eigenvalue weighted by atomic mass is 15.2. The summed E-state index contributed by atoms with van der Waals surface area (Å²) in [6.45, 7) is 2.30. The van der Waals surface area contributed by atoms with Crippen molar-refractivity contribution in [2.45, 2.75) is 70.8 Å². The molecule has 0 radical (unpaired) electrons. The lowest BCUT2D eigenvalue weighted by atomic mass is 9.76. The van der Waals surface area contributed by atoms with E-state index in [1.807, 2.05) is 0 Å². The van der Waals surface area contributed by atoms with Gasteiger partial charge in [-0.2, -0.15) is 0 Å². The number of hydrogen-bond acceptors (Lipinski definition) is 2. The molecule has 1 fully saturated rings. The first-order chi connectivity index (χ1) is 10.3. The number of rotatable bonds is 8. The Morgan fingerprint density at radius 2 is 1.86 bits per heavy atom. The van der Waals surface area contributed by atoms with Crippen molar-refractivity contribution in [1.82, 2.24) is 5.43 Å². The molecule has 1 aromatic rings. The van der Waals surface area contributed by atoms with Crippen LogP contribution in [0, 0.1) is 11.8 Å². The van der Waals surface area contributed by atoms with Gasteiger partial charge in [0, 0.05) is 6.04 Å². The van der Waals surface area contributed by atoms with Gasteiger partial charge in [0.2, 0.25) is 0 Å². The molecule has 0 saturated heterocycles. The Labute approximate surface area is 130 Å². The summed E-state index contributed by atoms with van der Waals surface area (Å²) >= 11 is 0. The van der Waals surface area contributed by atoms with Gasteiger partial charge < -0.3 is 0 Å². The van der Waals surface area contributed by atoms with Crippen LogP contribution >= 0.6 is 0 Å². The fraction of sp³-hybridized carbons (Fsp3) is 0.684. The SMILES string of the molecule is CCCCC1CCC(C(CCc2ccccc2)NN)CC1. The summed E-state index contributed by atoms with van der Waals surface area (Å²) < 4.78 is 0. The normalized spacial score (nSPS) is 23.9. The molecule has 2 nitrogen and oxygen atoms in total. The fourth-order valence-electron chi connectivity index (χ4n) is 3.79. The van der Waals surface area contributed by atoms with Gasteiger partial charge in [0.05, 0.1) is 0 Å². The summed E-state index contributed by atoms with van der Waals surface area (Å²) in [6.07, 6.45) is 12.0. The summed E-state index contributed by atoms with van der Waals surface area (Å²) in [4.78, 5) is 0. The van der Waals surface area contributed by atoms with E-state index in [0.29, 0.717) is 6.04 Å². The molecular formula is C19H32N2. The van der Waals surface area contributed by atoms with E-state index in [2.05, 4.69) is 42.7 Å². The standard InChI is InChI=1S/C19H32N2/c1-2-3-7-17-10-13-18(14-11-17)19(21-20)15-12-16-8-5-4-6-9-16/h4-6,8-9,17-19,21H,2-3,7,10-15,20H2,1H3. The second-order valence-corrected chi connectivity index (χ2v) is 6.72. The topological polar surface area (TPSA) is 38.0 Å². The predicted octanol–water partition coefficient (Wildman–Crippen LogP) is 4.45. The number of aryl methyl sites for hydroxylation is 1. The third-order valence-corrected chi connectivity index (χ3v) is 5.23. The molecule has 0 heterocycles. The smallest absolute Gasteiger partial charge is 0.0241 e. The molecule has 0 bridgehead atoms. The van der Waals surface area contributed by atoms with Crippen LogP contribution in [0.2, 0.25) is 0 Å². The monoisotopic (exact) mass is 288 g/mol. The van der Waals surface area contributed by atoms with Gasteiger partial charge in [-0.15, -0.1) is 0 Å². The Hall–Kier alpha value is -0.860. The minimum absolute atomic E-state index is 0.484. The highest BCUT2D eigenvalue weighted by Crippen LogP contribution is 2.34. The summed E-state index contributed by atoms with van der Waals surface area (Å²) in [7, 11) is 0. The Balaban J connectivity index is 1.74. The van der Waals surface area contributed by atoms with E-state index in [-0.39, 0.29) is 0 Å². The van der Waals surface area contributed by atoms with Crippen LogP contribution in [-0.4, -0.2) is 6.04 Å². The molecule has 0 aromatic heterocycles. The Morgan fingerprint density at radius 1 is 1.14 bits per heavy atom. The van der Waals surface area contributed by atoms with Crippen LogP contribution in [0.5, 0.6) is 0 Å². The number of nitrogens with two attached hydrogens (primary N) is 1. The Bertz CT molecular complexity index is 368. The van der Waals surface area contributed by atoms with Gasteiger partial charge in [-0.05, 0) is 43.1 Å². The Kier molecular flexibility index (Phi) is 7.25. The number of benzene rings is 1. The molecule has 1 aliphatic carbocycles. The van der Waals surface area contributed by atoms with Crippen LogP contribution in [0.1, 0.15) is 63.9 Å². The minimum Gasteiger partial charge on any atom is -0.271 e. The maximum Gasteiger partial charge on any atom is 0.0241 e. The molecule has 3 N–H and O–H groups in total. The molecule has 1 atom stereocenters. The molecule has 1 aromatic carbocycles. The fourth-order valence-corrected chi connectivity index (χ4v) is 3.79. The average molecular weight is 288 g/mol. The van der Waals surface area contributed by atoms with Crippen LogP contribution in [0.4, 0.5) is 0 Å². The average Bonchev–Trinajstić information content (AvgIpc) is 2.55. The van der Waals surface area contributed by atoms with Gasteiger partial charge in [-0.1, -0.05) is 69.4 Å². The first kappa shape index (κ1) is 16.5. The van der Waals surface area contributed by atoms with Gasteiger partial charge in [0.25, 0.3) is 0 Å². The zero-order valence-corrected chi connectivity index (χ0v) is 13.6. The van der Waals surface area contributed by atoms with E-state index in [1.54, 1.807) is 0 Å². The molecule has 21 heavy (non-hydrogen) atoms. The van der Waals surface area contributed by atoms with Gasteiger partial charge in [-0.3, -0.25) is 11.3 Å². The van der Waals surface area contributed by atoms with E-state index in [0.717, 1.165) is 24.7 Å².